The number of rotatable bonds is 4. The molecular formula is C13H15BrO2S. The Balaban J connectivity index is 2.02. The third kappa shape index (κ3) is 3.26. The molecular weight excluding hydrogens is 300 g/mol. The minimum atomic E-state index is -1.22. The average molecular weight is 315 g/mol. The monoisotopic (exact) mass is 314 g/mol. The van der Waals surface area contributed by atoms with Crippen molar-refractivity contribution in [2.45, 2.75) is 30.6 Å². The molecule has 1 atom stereocenters. The molecule has 0 spiro atoms. The summed E-state index contributed by atoms with van der Waals surface area (Å²) in [5, 5.41) is 0. The summed E-state index contributed by atoms with van der Waals surface area (Å²) in [4.78, 5) is 12.7. The molecule has 0 saturated heterocycles. The minimum absolute atomic E-state index is 0.154. The highest BCUT2D eigenvalue weighted by molar-refractivity contribution is 9.10. The van der Waals surface area contributed by atoms with Crippen LogP contribution in [-0.2, 0) is 15.6 Å². The number of carbonyl (C=O) groups excluding carboxylic acids is 1. The smallest absolute Gasteiger partial charge is 0.148 e. The number of benzene rings is 1. The van der Waals surface area contributed by atoms with E-state index in [0.29, 0.717) is 0 Å². The summed E-state index contributed by atoms with van der Waals surface area (Å²) in [5.41, 5.74) is 0. The summed E-state index contributed by atoms with van der Waals surface area (Å²) in [6, 6.07) is 7.39. The van der Waals surface area contributed by atoms with Crippen LogP contribution in [0.25, 0.3) is 0 Å². The Morgan fingerprint density at radius 3 is 2.59 bits per heavy atom. The Kier molecular flexibility index (Phi) is 4.51. The zero-order valence-electron chi connectivity index (χ0n) is 9.52. The second-order valence-electron chi connectivity index (χ2n) is 4.37. The highest BCUT2D eigenvalue weighted by atomic mass is 79.9. The van der Waals surface area contributed by atoms with Gasteiger partial charge in [0.25, 0.3) is 0 Å². The summed E-state index contributed by atoms with van der Waals surface area (Å²) < 4.78 is 12.9. The molecule has 0 amide bonds. The predicted molar refractivity (Wildman–Crippen MR) is 72.4 cm³/mol. The second kappa shape index (κ2) is 5.91. The van der Waals surface area contributed by atoms with Crippen LogP contribution in [0.15, 0.2) is 33.6 Å². The fourth-order valence-corrected chi connectivity index (χ4v) is 4.19. The Bertz CT molecular complexity index is 439. The van der Waals surface area contributed by atoms with Gasteiger partial charge in [-0.3, -0.25) is 9.00 Å². The summed E-state index contributed by atoms with van der Waals surface area (Å²) in [6.07, 6.45) is 4.23. The van der Waals surface area contributed by atoms with Gasteiger partial charge in [-0.25, -0.2) is 0 Å². The van der Waals surface area contributed by atoms with Crippen molar-refractivity contribution in [2.24, 2.45) is 5.92 Å². The number of hydrogen-bond acceptors (Lipinski definition) is 2. The highest BCUT2D eigenvalue weighted by Crippen LogP contribution is 2.27. The molecule has 0 bridgehead atoms. The number of hydrogen-bond donors (Lipinski definition) is 0. The largest absolute Gasteiger partial charge is 0.298 e. The molecule has 1 aromatic carbocycles. The molecule has 0 radical (unpaired) electrons. The second-order valence-corrected chi connectivity index (χ2v) is 6.64. The first kappa shape index (κ1) is 13.0. The van der Waals surface area contributed by atoms with E-state index in [2.05, 4.69) is 15.9 Å². The third-order valence-corrected chi connectivity index (χ3v) is 5.51. The summed E-state index contributed by atoms with van der Waals surface area (Å²) in [7, 11) is -1.22. The van der Waals surface area contributed by atoms with Crippen molar-refractivity contribution >= 4 is 32.5 Å². The van der Waals surface area contributed by atoms with Crippen LogP contribution in [0.4, 0.5) is 0 Å². The van der Waals surface area contributed by atoms with E-state index in [1.807, 2.05) is 24.3 Å². The van der Waals surface area contributed by atoms with Gasteiger partial charge in [0.05, 0.1) is 21.4 Å². The van der Waals surface area contributed by atoms with E-state index in [9.17, 15) is 9.00 Å². The third-order valence-electron chi connectivity index (χ3n) is 3.17. The minimum Gasteiger partial charge on any atom is -0.298 e. The molecule has 4 heteroatoms. The summed E-state index contributed by atoms with van der Waals surface area (Å²) >= 11 is 3.37. The maximum atomic E-state index is 12.1. The molecule has 0 heterocycles. The average Bonchev–Trinajstić information content (AvgIpc) is 2.82. The van der Waals surface area contributed by atoms with E-state index < -0.39 is 10.8 Å². The summed E-state index contributed by atoms with van der Waals surface area (Å²) in [6.45, 7) is 0. The van der Waals surface area contributed by atoms with Crippen LogP contribution in [0.5, 0.6) is 0 Å². The van der Waals surface area contributed by atoms with Crippen molar-refractivity contribution in [3.8, 4) is 0 Å². The topological polar surface area (TPSA) is 34.1 Å². The van der Waals surface area contributed by atoms with Crippen LogP contribution >= 0.6 is 15.9 Å². The lowest BCUT2D eigenvalue weighted by atomic mass is 10.0. The molecule has 92 valence electrons. The molecule has 1 fully saturated rings. The van der Waals surface area contributed by atoms with Gasteiger partial charge in [-0.1, -0.05) is 25.0 Å². The van der Waals surface area contributed by atoms with Crippen molar-refractivity contribution in [2.75, 3.05) is 5.75 Å². The zero-order chi connectivity index (χ0) is 12.3. The standard InChI is InChI=1S/C13H15BrO2S/c14-11-7-3-4-8-13(11)17(16)9-12(15)10-5-1-2-6-10/h3-4,7-8,10H,1-2,5-6,9H2. The van der Waals surface area contributed by atoms with Gasteiger partial charge in [-0.15, -0.1) is 0 Å². The molecule has 1 aromatic rings. The van der Waals surface area contributed by atoms with Crippen LogP contribution in [0.2, 0.25) is 0 Å². The molecule has 0 aromatic heterocycles. The molecule has 1 saturated carbocycles. The Morgan fingerprint density at radius 1 is 1.29 bits per heavy atom. The van der Waals surface area contributed by atoms with Gasteiger partial charge in [0, 0.05) is 10.4 Å². The lowest BCUT2D eigenvalue weighted by Crippen LogP contribution is -2.18. The van der Waals surface area contributed by atoms with Crippen molar-refractivity contribution in [1.29, 1.82) is 0 Å². The molecule has 2 rings (SSSR count). The maximum absolute atomic E-state index is 12.1. The molecule has 0 N–H and O–H groups in total. The fraction of sp³-hybridized carbons (Fsp3) is 0.462. The van der Waals surface area contributed by atoms with E-state index in [0.717, 1.165) is 35.1 Å². The van der Waals surface area contributed by atoms with Gasteiger partial charge >= 0.3 is 0 Å². The van der Waals surface area contributed by atoms with Crippen molar-refractivity contribution in [1.82, 2.24) is 0 Å². The highest BCUT2D eigenvalue weighted by Gasteiger charge is 2.24. The van der Waals surface area contributed by atoms with Crippen LogP contribution in [0, 0.1) is 5.92 Å². The van der Waals surface area contributed by atoms with Crippen molar-refractivity contribution in [3.05, 3.63) is 28.7 Å². The van der Waals surface area contributed by atoms with Gasteiger partial charge in [-0.2, -0.15) is 0 Å². The van der Waals surface area contributed by atoms with Crippen molar-refractivity contribution in [3.63, 3.8) is 0 Å². The normalized spacial score (nSPS) is 18.2. The molecule has 1 unspecified atom stereocenters. The molecule has 17 heavy (non-hydrogen) atoms. The molecule has 2 nitrogen and oxygen atoms in total. The SMILES string of the molecule is O=C(CS(=O)c1ccccc1Br)C1CCCC1. The number of ketones is 1. The first-order valence-corrected chi connectivity index (χ1v) is 7.95. The van der Waals surface area contributed by atoms with Crippen molar-refractivity contribution < 1.29 is 9.00 Å². The Hall–Kier alpha value is -0.480. The van der Waals surface area contributed by atoms with E-state index in [1.54, 1.807) is 0 Å². The molecule has 0 aliphatic heterocycles. The van der Waals surface area contributed by atoms with E-state index in [1.165, 1.54) is 0 Å². The molecule has 1 aliphatic rings. The van der Waals surface area contributed by atoms with Gasteiger partial charge in [-0.05, 0) is 40.9 Å². The molecule has 1 aliphatic carbocycles. The first-order chi connectivity index (χ1) is 8.18. The van der Waals surface area contributed by atoms with E-state index in [-0.39, 0.29) is 17.5 Å². The first-order valence-electron chi connectivity index (χ1n) is 5.84. The maximum Gasteiger partial charge on any atom is 0.148 e. The van der Waals surface area contributed by atoms with Gasteiger partial charge in [0.15, 0.2) is 0 Å². The lowest BCUT2D eigenvalue weighted by Gasteiger charge is -2.08. The lowest BCUT2D eigenvalue weighted by molar-refractivity contribution is -0.120. The number of halogens is 1. The van der Waals surface area contributed by atoms with E-state index >= 15 is 0 Å². The quantitative estimate of drug-likeness (QED) is 0.854. The Morgan fingerprint density at radius 2 is 1.94 bits per heavy atom. The zero-order valence-corrected chi connectivity index (χ0v) is 11.9. The van der Waals surface area contributed by atoms with E-state index in [4.69, 9.17) is 0 Å². The van der Waals surface area contributed by atoms with Crippen LogP contribution in [-0.4, -0.2) is 15.7 Å². The van der Waals surface area contributed by atoms with Gasteiger partial charge in [0.2, 0.25) is 0 Å². The van der Waals surface area contributed by atoms with Crippen LogP contribution < -0.4 is 0 Å². The fourth-order valence-electron chi connectivity index (χ4n) is 2.20. The summed E-state index contributed by atoms with van der Waals surface area (Å²) in [5.74, 6) is 0.478. The number of Topliss-reactive ketones (excluding diaryl/α,β-unsaturated/α-hetero) is 1. The van der Waals surface area contributed by atoms with Crippen LogP contribution in [0.1, 0.15) is 25.7 Å². The van der Waals surface area contributed by atoms with Gasteiger partial charge < -0.3 is 0 Å². The Labute approximate surface area is 112 Å². The van der Waals surface area contributed by atoms with Gasteiger partial charge in [0.1, 0.15) is 5.78 Å². The predicted octanol–water partition coefficient (Wildman–Crippen LogP) is 3.32. The number of carbonyl (C=O) groups is 1. The van der Waals surface area contributed by atoms with Crippen LogP contribution in [0.3, 0.4) is 0 Å².